The highest BCUT2D eigenvalue weighted by Crippen LogP contribution is 2.11. The summed E-state index contributed by atoms with van der Waals surface area (Å²) in [6, 6.07) is 7.43. The van der Waals surface area contributed by atoms with Crippen LogP contribution >= 0.6 is 0 Å². The lowest BCUT2D eigenvalue weighted by atomic mass is 10.2. The van der Waals surface area contributed by atoms with Crippen molar-refractivity contribution < 1.29 is 13.7 Å². The summed E-state index contributed by atoms with van der Waals surface area (Å²) >= 11 is 0. The van der Waals surface area contributed by atoms with E-state index in [1.807, 2.05) is 19.1 Å². The maximum Gasteiger partial charge on any atom is 0.255 e. The fourth-order valence-corrected chi connectivity index (χ4v) is 2.08. The molecule has 0 aromatic heterocycles. The molecule has 1 aromatic carbocycles. The van der Waals surface area contributed by atoms with E-state index in [1.165, 1.54) is 0 Å². The summed E-state index contributed by atoms with van der Waals surface area (Å²) in [4.78, 5) is 10.6. The fraction of sp³-hybridized carbons (Fsp3) is 0.462. The lowest BCUT2D eigenvalue weighted by Crippen LogP contribution is -2.21. The average molecular weight is 284 g/mol. The molecule has 1 atom stereocenters. The summed E-state index contributed by atoms with van der Waals surface area (Å²) in [6.45, 7) is 3.26. The highest BCUT2D eigenvalue weighted by atomic mass is 32.2. The molecule has 0 aliphatic heterocycles. The van der Waals surface area contributed by atoms with Crippen molar-refractivity contribution in [2.45, 2.75) is 13.5 Å². The fourth-order valence-electron chi connectivity index (χ4n) is 1.42. The van der Waals surface area contributed by atoms with Gasteiger partial charge in [0.05, 0.1) is 0 Å². The number of benzene rings is 1. The number of hydrogen-bond donors (Lipinski definition) is 2. The lowest BCUT2D eigenvalue weighted by molar-refractivity contribution is -0.119. The van der Waals surface area contributed by atoms with Crippen molar-refractivity contribution in [3.05, 3.63) is 29.8 Å². The van der Waals surface area contributed by atoms with E-state index in [-0.39, 0.29) is 6.61 Å². The second-order valence-electron chi connectivity index (χ2n) is 4.01. The van der Waals surface area contributed by atoms with Crippen molar-refractivity contribution in [2.75, 3.05) is 24.7 Å². The number of primary amides is 1. The van der Waals surface area contributed by atoms with Crippen LogP contribution in [0.2, 0.25) is 0 Å². The van der Waals surface area contributed by atoms with Gasteiger partial charge in [-0.1, -0.05) is 19.1 Å². The van der Waals surface area contributed by atoms with E-state index in [2.05, 4.69) is 5.32 Å². The molecule has 0 bridgehead atoms. The van der Waals surface area contributed by atoms with Crippen LogP contribution in [0.25, 0.3) is 0 Å². The molecule has 0 saturated heterocycles. The maximum atomic E-state index is 11.2. The number of hydrogen-bond acceptors (Lipinski definition) is 4. The van der Waals surface area contributed by atoms with Crippen molar-refractivity contribution in [3.63, 3.8) is 0 Å². The number of amides is 1. The molecular weight excluding hydrogens is 264 g/mol. The van der Waals surface area contributed by atoms with E-state index in [9.17, 15) is 9.00 Å². The van der Waals surface area contributed by atoms with Crippen LogP contribution < -0.4 is 15.8 Å². The van der Waals surface area contributed by atoms with Gasteiger partial charge >= 0.3 is 0 Å². The summed E-state index contributed by atoms with van der Waals surface area (Å²) < 4.78 is 16.4. The standard InChI is InChI=1S/C13H20N2O3S/c1-2-19(17)8-7-15-9-11-3-5-12(6-4-11)18-10-13(14)16/h3-6,15H,2,7-10H2,1H3,(H2,14,16). The van der Waals surface area contributed by atoms with Crippen LogP contribution in [0.1, 0.15) is 12.5 Å². The molecular formula is C13H20N2O3S. The van der Waals surface area contributed by atoms with Crippen LogP contribution in [0, 0.1) is 0 Å². The van der Waals surface area contributed by atoms with Crippen LogP contribution in [-0.2, 0) is 22.1 Å². The van der Waals surface area contributed by atoms with Crippen LogP contribution in [0.5, 0.6) is 5.75 Å². The van der Waals surface area contributed by atoms with Crippen molar-refractivity contribution in [1.82, 2.24) is 5.32 Å². The molecule has 1 amide bonds. The van der Waals surface area contributed by atoms with E-state index in [0.29, 0.717) is 17.3 Å². The average Bonchev–Trinajstić information content (AvgIpc) is 2.42. The Bertz CT molecular complexity index is 420. The summed E-state index contributed by atoms with van der Waals surface area (Å²) in [5.41, 5.74) is 6.09. The SMILES string of the molecule is CCS(=O)CCNCc1ccc(OCC(N)=O)cc1. The van der Waals surface area contributed by atoms with Gasteiger partial charge in [0.1, 0.15) is 5.75 Å². The Morgan fingerprint density at radius 1 is 1.37 bits per heavy atom. The Labute approximate surface area is 116 Å². The van der Waals surface area contributed by atoms with Gasteiger partial charge in [-0.25, -0.2) is 0 Å². The number of carbonyl (C=O) groups excluding carboxylic acids is 1. The predicted molar refractivity (Wildman–Crippen MR) is 76.4 cm³/mol. The minimum absolute atomic E-state index is 0.111. The molecule has 0 heterocycles. The molecule has 5 nitrogen and oxygen atoms in total. The minimum Gasteiger partial charge on any atom is -0.484 e. The molecule has 0 radical (unpaired) electrons. The first-order chi connectivity index (χ1) is 9.11. The highest BCUT2D eigenvalue weighted by Gasteiger charge is 1.99. The van der Waals surface area contributed by atoms with Crippen molar-refractivity contribution in [2.24, 2.45) is 5.73 Å². The maximum absolute atomic E-state index is 11.2. The molecule has 3 N–H and O–H groups in total. The van der Waals surface area contributed by atoms with Crippen LogP contribution in [0.3, 0.4) is 0 Å². The van der Waals surface area contributed by atoms with Gasteiger partial charge in [-0.05, 0) is 17.7 Å². The lowest BCUT2D eigenvalue weighted by Gasteiger charge is -2.06. The van der Waals surface area contributed by atoms with Crippen LogP contribution in [0.15, 0.2) is 24.3 Å². The van der Waals surface area contributed by atoms with Gasteiger partial charge in [-0.15, -0.1) is 0 Å². The summed E-state index contributed by atoms with van der Waals surface area (Å²) in [6.07, 6.45) is 0. The van der Waals surface area contributed by atoms with E-state index in [4.69, 9.17) is 10.5 Å². The summed E-state index contributed by atoms with van der Waals surface area (Å²) in [5.74, 6) is 1.51. The van der Waals surface area contributed by atoms with E-state index < -0.39 is 16.7 Å². The number of nitrogens with one attached hydrogen (secondary N) is 1. The molecule has 106 valence electrons. The zero-order valence-electron chi connectivity index (χ0n) is 11.1. The Hall–Kier alpha value is -1.40. The first kappa shape index (κ1) is 15.7. The van der Waals surface area contributed by atoms with Gasteiger partial charge in [0.2, 0.25) is 0 Å². The smallest absolute Gasteiger partial charge is 0.255 e. The van der Waals surface area contributed by atoms with E-state index >= 15 is 0 Å². The van der Waals surface area contributed by atoms with Crippen molar-refractivity contribution in [1.29, 1.82) is 0 Å². The number of carbonyl (C=O) groups is 1. The third-order valence-electron chi connectivity index (χ3n) is 2.46. The predicted octanol–water partition coefficient (Wildman–Crippen LogP) is 0.409. The zero-order valence-corrected chi connectivity index (χ0v) is 11.9. The summed E-state index contributed by atoms with van der Waals surface area (Å²) in [7, 11) is -0.722. The Balaban J connectivity index is 2.28. The van der Waals surface area contributed by atoms with Gasteiger partial charge in [0, 0.05) is 35.4 Å². The first-order valence-corrected chi connectivity index (χ1v) is 7.66. The molecule has 6 heteroatoms. The molecule has 0 aliphatic carbocycles. The molecule has 19 heavy (non-hydrogen) atoms. The van der Waals surface area contributed by atoms with Crippen molar-refractivity contribution >= 4 is 16.7 Å². The van der Waals surface area contributed by atoms with E-state index in [0.717, 1.165) is 18.7 Å². The Kier molecular flexibility index (Phi) is 7.14. The number of rotatable bonds is 9. The monoisotopic (exact) mass is 284 g/mol. The van der Waals surface area contributed by atoms with Crippen LogP contribution in [-0.4, -0.2) is 34.8 Å². The van der Waals surface area contributed by atoms with E-state index in [1.54, 1.807) is 12.1 Å². The third kappa shape index (κ3) is 6.93. The molecule has 0 aliphatic rings. The quantitative estimate of drug-likeness (QED) is 0.644. The Morgan fingerprint density at radius 2 is 2.05 bits per heavy atom. The third-order valence-corrected chi connectivity index (χ3v) is 3.77. The topological polar surface area (TPSA) is 81.4 Å². The number of ether oxygens (including phenoxy) is 1. The molecule has 1 aromatic rings. The second-order valence-corrected chi connectivity index (χ2v) is 5.87. The highest BCUT2D eigenvalue weighted by molar-refractivity contribution is 7.84. The first-order valence-electron chi connectivity index (χ1n) is 6.17. The zero-order chi connectivity index (χ0) is 14.1. The molecule has 1 rings (SSSR count). The largest absolute Gasteiger partial charge is 0.484 e. The molecule has 0 spiro atoms. The van der Waals surface area contributed by atoms with Crippen molar-refractivity contribution in [3.8, 4) is 5.75 Å². The van der Waals surface area contributed by atoms with Gasteiger partial charge in [0.15, 0.2) is 6.61 Å². The second kappa shape index (κ2) is 8.66. The van der Waals surface area contributed by atoms with Gasteiger partial charge in [-0.3, -0.25) is 9.00 Å². The number of nitrogens with two attached hydrogens (primary N) is 1. The summed E-state index contributed by atoms with van der Waals surface area (Å²) in [5, 5.41) is 3.23. The normalized spacial score (nSPS) is 12.1. The molecule has 0 fully saturated rings. The minimum atomic E-state index is -0.722. The van der Waals surface area contributed by atoms with Gasteiger partial charge in [0.25, 0.3) is 5.91 Å². The Morgan fingerprint density at radius 3 is 2.63 bits per heavy atom. The molecule has 0 saturated carbocycles. The molecule has 1 unspecified atom stereocenters. The van der Waals surface area contributed by atoms with Crippen LogP contribution in [0.4, 0.5) is 0 Å². The van der Waals surface area contributed by atoms with Gasteiger partial charge in [-0.2, -0.15) is 0 Å². The van der Waals surface area contributed by atoms with Gasteiger partial charge < -0.3 is 15.8 Å².